The van der Waals surface area contributed by atoms with Crippen molar-refractivity contribution in [1.82, 2.24) is 5.32 Å². The van der Waals surface area contributed by atoms with Gasteiger partial charge in [-0.15, -0.1) is 0 Å². The van der Waals surface area contributed by atoms with Crippen LogP contribution in [0.5, 0.6) is 0 Å². The molecule has 0 unspecified atom stereocenters. The Bertz CT molecular complexity index is 16.0. The van der Waals surface area contributed by atoms with Gasteiger partial charge in [0, 0.05) is 39.6 Å². The van der Waals surface area contributed by atoms with Gasteiger partial charge in [-0.2, -0.15) is 14.1 Å². The zero-order valence-electron chi connectivity index (χ0n) is 5.80. The first-order valence-electron chi connectivity index (χ1n) is 1.89. The van der Waals surface area contributed by atoms with Crippen molar-refractivity contribution >= 4 is 0 Å². The van der Waals surface area contributed by atoms with E-state index in [1.807, 2.05) is 14.1 Å². The number of hydrogen-bond acceptors (Lipinski definition) is 1. The van der Waals surface area contributed by atoms with Crippen molar-refractivity contribution in [1.29, 1.82) is 0 Å². The van der Waals surface area contributed by atoms with Gasteiger partial charge < -0.3 is 10.6 Å². The molecule has 0 heterocycles. The Labute approximate surface area is 78.3 Å². The third-order valence-electron chi connectivity index (χ3n) is 0. The SMILES string of the molecule is CNC.C[N-]C.[V].[W]. The molecule has 0 aliphatic carbocycles. The summed E-state index contributed by atoms with van der Waals surface area (Å²) in [6, 6.07) is 0. The Kier molecular flexibility index (Phi) is 119. The van der Waals surface area contributed by atoms with Crippen LogP contribution < -0.4 is 5.32 Å². The van der Waals surface area contributed by atoms with Crippen LogP contribution in [0.15, 0.2) is 0 Å². The predicted molar refractivity (Wildman–Crippen MR) is 30.2 cm³/mol. The van der Waals surface area contributed by atoms with Crippen LogP contribution in [-0.4, -0.2) is 28.2 Å². The molecule has 4 heteroatoms. The van der Waals surface area contributed by atoms with Crippen molar-refractivity contribution in [3.05, 3.63) is 5.32 Å². The molecule has 0 rings (SSSR count). The van der Waals surface area contributed by atoms with Gasteiger partial charge in [0.25, 0.3) is 0 Å². The fourth-order valence-electron chi connectivity index (χ4n) is 0. The molecule has 2 nitrogen and oxygen atoms in total. The summed E-state index contributed by atoms with van der Waals surface area (Å²) < 4.78 is 0. The quantitative estimate of drug-likeness (QED) is 0.688. The van der Waals surface area contributed by atoms with Gasteiger partial charge in [0.1, 0.15) is 0 Å². The predicted octanol–water partition coefficient (Wildman–Crippen LogP) is 0.450. The summed E-state index contributed by atoms with van der Waals surface area (Å²) in [6.07, 6.45) is 0. The van der Waals surface area contributed by atoms with Crippen molar-refractivity contribution in [2.75, 3.05) is 28.2 Å². The van der Waals surface area contributed by atoms with Gasteiger partial charge >= 0.3 is 0 Å². The van der Waals surface area contributed by atoms with E-state index in [0.717, 1.165) is 0 Å². The van der Waals surface area contributed by atoms with Crippen LogP contribution in [-0.2, 0) is 39.6 Å². The van der Waals surface area contributed by atoms with E-state index in [1.165, 1.54) is 0 Å². The van der Waals surface area contributed by atoms with Crippen molar-refractivity contribution in [2.45, 2.75) is 0 Å². The standard InChI is InChI=1S/C2H7N.C2H6N.V.W/c2*1-3-2;;/h3H,1-2H3;1-2H3;;/q;-1;;. The maximum Gasteiger partial charge on any atom is 0 e. The smallest absolute Gasteiger partial charge is 0 e. The van der Waals surface area contributed by atoms with Gasteiger partial charge in [-0.05, 0) is 14.1 Å². The Morgan fingerprint density at radius 1 is 1.12 bits per heavy atom. The molecular formula is C4H13N2VW-. The maximum atomic E-state index is 3.50. The van der Waals surface area contributed by atoms with Crippen molar-refractivity contribution in [3.8, 4) is 0 Å². The Hall–Kier alpha value is 1.19. The molecule has 0 saturated heterocycles. The minimum absolute atomic E-state index is 0. The molecule has 0 atom stereocenters. The van der Waals surface area contributed by atoms with Crippen LogP contribution in [0.25, 0.3) is 5.32 Å². The summed E-state index contributed by atoms with van der Waals surface area (Å²) in [5, 5.41) is 6.25. The average Bonchev–Trinajstić information content (AvgIpc) is 1.39. The molecule has 1 radical (unpaired) electrons. The molecule has 0 fully saturated rings. The average molecular weight is 324 g/mol. The molecule has 0 aromatic heterocycles. The minimum atomic E-state index is 0. The van der Waals surface area contributed by atoms with E-state index in [2.05, 4.69) is 10.6 Å². The summed E-state index contributed by atoms with van der Waals surface area (Å²) in [6.45, 7) is 0. The van der Waals surface area contributed by atoms with Gasteiger partial charge in [0.2, 0.25) is 0 Å². The monoisotopic (exact) mass is 324 g/mol. The Balaban J connectivity index is -0.0000000160. The summed E-state index contributed by atoms with van der Waals surface area (Å²) in [4.78, 5) is 0. The second kappa shape index (κ2) is 41.6. The largest absolute Gasteiger partial charge is 0.668 e. The van der Waals surface area contributed by atoms with Crippen LogP contribution in [0.4, 0.5) is 0 Å². The van der Waals surface area contributed by atoms with Crippen LogP contribution in [0, 0.1) is 0 Å². The minimum Gasteiger partial charge on any atom is -0.668 e. The molecule has 0 bridgehead atoms. The van der Waals surface area contributed by atoms with E-state index in [1.54, 1.807) is 14.1 Å². The summed E-state index contributed by atoms with van der Waals surface area (Å²) in [5.41, 5.74) is 0. The molecule has 0 aliphatic rings. The fourth-order valence-corrected chi connectivity index (χ4v) is 0. The first-order valence-corrected chi connectivity index (χ1v) is 1.89. The second-order valence-electron chi connectivity index (χ2n) is 0.947. The number of nitrogens with one attached hydrogen (secondary N) is 1. The maximum absolute atomic E-state index is 3.50. The third kappa shape index (κ3) is 194. The Morgan fingerprint density at radius 2 is 1.12 bits per heavy atom. The van der Waals surface area contributed by atoms with Gasteiger partial charge in [-0.3, -0.25) is 0 Å². The van der Waals surface area contributed by atoms with E-state index in [4.69, 9.17) is 0 Å². The molecule has 0 aromatic carbocycles. The topological polar surface area (TPSA) is 26.1 Å². The summed E-state index contributed by atoms with van der Waals surface area (Å²) >= 11 is 0. The van der Waals surface area contributed by atoms with E-state index in [-0.39, 0.29) is 39.6 Å². The molecule has 51 valence electrons. The van der Waals surface area contributed by atoms with Crippen LogP contribution in [0.2, 0.25) is 0 Å². The second-order valence-corrected chi connectivity index (χ2v) is 0.947. The van der Waals surface area contributed by atoms with Gasteiger partial charge in [0.15, 0.2) is 0 Å². The van der Waals surface area contributed by atoms with Crippen molar-refractivity contribution < 1.29 is 39.6 Å². The fraction of sp³-hybridized carbons (Fsp3) is 1.00. The van der Waals surface area contributed by atoms with E-state index in [9.17, 15) is 0 Å². The first kappa shape index (κ1) is 22.9. The first-order chi connectivity index (χ1) is 2.83. The molecule has 8 heavy (non-hydrogen) atoms. The van der Waals surface area contributed by atoms with E-state index in [0.29, 0.717) is 0 Å². The summed E-state index contributed by atoms with van der Waals surface area (Å²) in [5.74, 6) is 0. The molecule has 0 aromatic rings. The summed E-state index contributed by atoms with van der Waals surface area (Å²) in [7, 11) is 7.25. The molecule has 1 N–H and O–H groups in total. The van der Waals surface area contributed by atoms with Gasteiger partial charge in [-0.25, -0.2) is 0 Å². The van der Waals surface area contributed by atoms with Crippen LogP contribution in [0.1, 0.15) is 0 Å². The third-order valence-corrected chi connectivity index (χ3v) is 0. The number of nitrogens with zero attached hydrogens (tertiary/aromatic N) is 1. The molecule has 0 aliphatic heterocycles. The van der Waals surface area contributed by atoms with E-state index >= 15 is 0 Å². The number of hydrogen-bond donors (Lipinski definition) is 1. The number of rotatable bonds is 0. The van der Waals surface area contributed by atoms with E-state index < -0.39 is 0 Å². The van der Waals surface area contributed by atoms with Crippen molar-refractivity contribution in [2.24, 2.45) is 0 Å². The molecule has 0 spiro atoms. The van der Waals surface area contributed by atoms with Crippen molar-refractivity contribution in [3.63, 3.8) is 0 Å². The normalized spacial score (nSPS) is 4.50. The molecular weight excluding hydrogens is 311 g/mol. The van der Waals surface area contributed by atoms with Gasteiger partial charge in [-0.1, -0.05) is 0 Å². The van der Waals surface area contributed by atoms with Crippen LogP contribution >= 0.6 is 0 Å². The van der Waals surface area contributed by atoms with Gasteiger partial charge in [0.05, 0.1) is 0 Å². The zero-order chi connectivity index (χ0) is 5.41. The molecule has 0 saturated carbocycles. The Morgan fingerprint density at radius 3 is 1.12 bits per heavy atom. The zero-order valence-corrected chi connectivity index (χ0v) is 10.1. The molecule has 0 amide bonds. The van der Waals surface area contributed by atoms with Crippen LogP contribution in [0.3, 0.4) is 0 Å².